The lowest BCUT2D eigenvalue weighted by molar-refractivity contribution is -0.151. The van der Waals surface area contributed by atoms with Crippen LogP contribution in [0.2, 0.25) is 5.02 Å². The van der Waals surface area contributed by atoms with Gasteiger partial charge in [0.2, 0.25) is 26.0 Å². The van der Waals surface area contributed by atoms with Gasteiger partial charge >= 0.3 is 11.9 Å². The summed E-state index contributed by atoms with van der Waals surface area (Å²) in [4.78, 5) is 38.2. The highest BCUT2D eigenvalue weighted by Gasteiger charge is 2.48. The van der Waals surface area contributed by atoms with E-state index in [1.54, 1.807) is 54.6 Å². The smallest absolute Gasteiger partial charge is 0.326 e. The fourth-order valence-corrected chi connectivity index (χ4v) is 9.46. The van der Waals surface area contributed by atoms with Crippen molar-refractivity contribution in [3.63, 3.8) is 0 Å². The van der Waals surface area contributed by atoms with Gasteiger partial charge in [-0.25, -0.2) is 31.1 Å². The molecule has 0 spiro atoms. The van der Waals surface area contributed by atoms with Crippen molar-refractivity contribution in [1.29, 1.82) is 0 Å². The van der Waals surface area contributed by atoms with E-state index in [0.717, 1.165) is 31.7 Å². The molecule has 17 heteroatoms. The molecule has 53 heavy (non-hydrogen) atoms. The molecule has 0 radical (unpaired) electrons. The van der Waals surface area contributed by atoms with Gasteiger partial charge in [-0.15, -0.1) is 0 Å². The Morgan fingerprint density at radius 2 is 1.49 bits per heavy atom. The lowest BCUT2D eigenvalue weighted by Gasteiger charge is -2.35. The molecule has 1 amide bonds. The van der Waals surface area contributed by atoms with Crippen molar-refractivity contribution in [3.8, 4) is 0 Å². The number of nitrogens with one attached hydrogen (secondary N) is 3. The number of fused-ring (bicyclic) bond motifs is 1. The van der Waals surface area contributed by atoms with Crippen LogP contribution in [-0.2, 0) is 58.9 Å². The number of rotatable bonds is 17. The second kappa shape index (κ2) is 17.5. The number of likely N-dealkylation sites (tertiary alicyclic amines) is 1. The summed E-state index contributed by atoms with van der Waals surface area (Å²) in [7, 11) is -8.29. The molecule has 1 saturated heterocycles. The van der Waals surface area contributed by atoms with E-state index in [1.165, 1.54) is 24.0 Å². The summed E-state index contributed by atoms with van der Waals surface area (Å²) in [5, 5.41) is 22.3. The number of hydrogen-bond donors (Lipinski definition) is 5. The maximum atomic E-state index is 13.4. The predicted molar refractivity (Wildman–Crippen MR) is 195 cm³/mol. The largest absolute Gasteiger partial charge is 0.480 e. The standard InChI is InChI=1S/C36H43ClN4O10S2/c1-23(34(42)41-31-10-6-5-9-27(31)17-32(41)36(45)46)40-30(35(43)44)22-51-21-26-13-11-25(12-14-26)20-38-52(47,48)28-15-16-29(37)33(18-28)53(49,50)39-19-24-7-3-2-4-8-24/h2-4,7-8,11-16,18,23,27,30-32,38-40H,5-6,9-10,17,19-22H2,1H3,(H,43,44)(H,45,46)/t23?,27?,30-,31?,32-/m0/s1. The van der Waals surface area contributed by atoms with E-state index in [4.69, 9.17) is 16.3 Å². The van der Waals surface area contributed by atoms with E-state index in [9.17, 15) is 41.4 Å². The van der Waals surface area contributed by atoms with Gasteiger partial charge in [0.05, 0.1) is 29.2 Å². The molecule has 14 nitrogen and oxygen atoms in total. The molecule has 0 aromatic heterocycles. The van der Waals surface area contributed by atoms with Crippen LogP contribution < -0.4 is 14.8 Å². The van der Waals surface area contributed by atoms with Crippen LogP contribution in [0.15, 0.2) is 82.6 Å². The van der Waals surface area contributed by atoms with Crippen molar-refractivity contribution < 1.29 is 46.2 Å². The predicted octanol–water partition coefficient (Wildman–Crippen LogP) is 3.49. The molecule has 1 heterocycles. The van der Waals surface area contributed by atoms with E-state index in [1.807, 2.05) is 0 Å². The van der Waals surface area contributed by atoms with E-state index >= 15 is 0 Å². The minimum absolute atomic E-state index is 0.0109. The van der Waals surface area contributed by atoms with Gasteiger partial charge in [-0.1, -0.05) is 79.0 Å². The summed E-state index contributed by atoms with van der Waals surface area (Å²) >= 11 is 6.15. The molecular weight excluding hydrogens is 748 g/mol. The summed E-state index contributed by atoms with van der Waals surface area (Å²) in [6, 6.07) is 15.6. The Hall–Kier alpha value is -3.90. The van der Waals surface area contributed by atoms with Gasteiger partial charge in [0.1, 0.15) is 17.0 Å². The molecule has 5 N–H and O–H groups in total. The van der Waals surface area contributed by atoms with Gasteiger partial charge in [0, 0.05) is 19.1 Å². The maximum absolute atomic E-state index is 13.4. The maximum Gasteiger partial charge on any atom is 0.326 e. The third kappa shape index (κ3) is 10.2. The number of sulfonamides is 2. The van der Waals surface area contributed by atoms with Gasteiger partial charge in [-0.05, 0) is 67.0 Å². The SMILES string of the molecule is CC(N[C@@H](COCc1ccc(CNS(=O)(=O)c2ccc(Cl)c(S(=O)(=O)NCc3ccccc3)c2)cc1)C(=O)O)C(=O)N1C2CCCCC2C[C@H]1C(=O)O. The van der Waals surface area contributed by atoms with E-state index in [-0.39, 0.29) is 53.1 Å². The molecule has 1 aliphatic heterocycles. The number of carboxylic acid groups (broad SMARTS) is 2. The normalized spacial score (nSPS) is 20.0. The number of aliphatic carboxylic acids is 2. The molecule has 5 atom stereocenters. The molecule has 1 aliphatic carbocycles. The molecule has 2 fully saturated rings. The lowest BCUT2D eigenvalue weighted by atomic mass is 9.84. The summed E-state index contributed by atoms with van der Waals surface area (Å²) < 4.78 is 62.7. The Labute approximate surface area is 314 Å². The molecule has 3 unspecified atom stereocenters. The first-order valence-corrected chi connectivity index (χ1v) is 20.5. The van der Waals surface area contributed by atoms with Crippen LogP contribution >= 0.6 is 11.6 Å². The minimum Gasteiger partial charge on any atom is -0.480 e. The number of benzene rings is 3. The zero-order valence-electron chi connectivity index (χ0n) is 29.0. The van der Waals surface area contributed by atoms with E-state index in [2.05, 4.69) is 14.8 Å². The van der Waals surface area contributed by atoms with Gasteiger partial charge in [0.25, 0.3) is 0 Å². The highest BCUT2D eigenvalue weighted by molar-refractivity contribution is 7.90. The molecule has 5 rings (SSSR count). The Balaban J connectivity index is 1.12. The number of amides is 1. The number of halogens is 1. The number of ether oxygens (including phenoxy) is 1. The van der Waals surface area contributed by atoms with Crippen LogP contribution in [0.1, 0.15) is 55.7 Å². The fourth-order valence-electron chi connectivity index (χ4n) is 6.80. The molecule has 3 aromatic carbocycles. The van der Waals surface area contributed by atoms with Crippen LogP contribution in [0.4, 0.5) is 0 Å². The second-order valence-electron chi connectivity index (χ2n) is 13.3. The second-order valence-corrected chi connectivity index (χ2v) is 17.2. The Morgan fingerprint density at radius 3 is 2.15 bits per heavy atom. The summed E-state index contributed by atoms with van der Waals surface area (Å²) in [6.07, 6.45) is 3.91. The van der Waals surface area contributed by atoms with Gasteiger partial charge in [-0.3, -0.25) is 14.9 Å². The van der Waals surface area contributed by atoms with Gasteiger partial charge in [-0.2, -0.15) is 0 Å². The van der Waals surface area contributed by atoms with Crippen molar-refractivity contribution >= 4 is 49.5 Å². The first kappa shape index (κ1) is 40.3. The Morgan fingerprint density at radius 1 is 0.868 bits per heavy atom. The van der Waals surface area contributed by atoms with Crippen LogP contribution in [0, 0.1) is 5.92 Å². The van der Waals surface area contributed by atoms with Gasteiger partial charge < -0.3 is 19.8 Å². The number of hydrogen-bond acceptors (Lipinski definition) is 9. The quantitative estimate of drug-likeness (QED) is 0.134. The van der Waals surface area contributed by atoms with E-state index < -0.39 is 56.0 Å². The zero-order valence-corrected chi connectivity index (χ0v) is 31.4. The average molecular weight is 791 g/mol. The number of nitrogens with zero attached hydrogens (tertiary/aromatic N) is 1. The highest BCUT2D eigenvalue weighted by atomic mass is 35.5. The van der Waals surface area contributed by atoms with Crippen molar-refractivity contribution in [2.75, 3.05) is 6.61 Å². The number of carbonyl (C=O) groups excluding carboxylic acids is 1. The summed E-state index contributed by atoms with van der Waals surface area (Å²) in [6.45, 7) is 1.15. The molecule has 1 saturated carbocycles. The molecular formula is C36H43ClN4O10S2. The first-order valence-electron chi connectivity index (χ1n) is 17.2. The molecule has 0 bridgehead atoms. The highest BCUT2D eigenvalue weighted by Crippen LogP contribution is 2.40. The Bertz CT molecular complexity index is 2000. The molecule has 286 valence electrons. The minimum atomic E-state index is -4.15. The first-order chi connectivity index (χ1) is 25.2. The summed E-state index contributed by atoms with van der Waals surface area (Å²) in [5.41, 5.74) is 1.97. The van der Waals surface area contributed by atoms with Crippen molar-refractivity contribution in [2.24, 2.45) is 5.92 Å². The van der Waals surface area contributed by atoms with Crippen LogP contribution in [0.3, 0.4) is 0 Å². The Kier molecular flexibility index (Phi) is 13.3. The van der Waals surface area contributed by atoms with Crippen molar-refractivity contribution in [1.82, 2.24) is 19.7 Å². The van der Waals surface area contributed by atoms with Crippen LogP contribution in [-0.4, -0.2) is 80.6 Å². The molecule has 2 aliphatic rings. The average Bonchev–Trinajstić information content (AvgIpc) is 3.53. The third-order valence-corrected chi connectivity index (χ3v) is 12.9. The van der Waals surface area contributed by atoms with E-state index in [0.29, 0.717) is 23.1 Å². The van der Waals surface area contributed by atoms with Crippen molar-refractivity contribution in [3.05, 3.63) is 94.5 Å². The van der Waals surface area contributed by atoms with Crippen LogP contribution in [0.25, 0.3) is 0 Å². The number of carboxylic acids is 2. The van der Waals surface area contributed by atoms with Crippen molar-refractivity contribution in [2.45, 2.75) is 92.7 Å². The van der Waals surface area contributed by atoms with Gasteiger partial charge in [0.15, 0.2) is 0 Å². The lowest BCUT2D eigenvalue weighted by Crippen LogP contribution is -2.56. The number of carbonyl (C=O) groups is 3. The topological polar surface area (TPSA) is 209 Å². The fraction of sp³-hybridized carbons (Fsp3) is 0.417. The third-order valence-electron chi connectivity index (χ3n) is 9.60. The van der Waals surface area contributed by atoms with Crippen LogP contribution in [0.5, 0.6) is 0 Å². The molecule has 3 aromatic rings. The monoisotopic (exact) mass is 790 g/mol. The zero-order chi connectivity index (χ0) is 38.3. The summed E-state index contributed by atoms with van der Waals surface area (Å²) in [5.74, 6) is -2.60.